The van der Waals surface area contributed by atoms with Gasteiger partial charge >= 0.3 is 0 Å². The average molecular weight is 216 g/mol. The van der Waals surface area contributed by atoms with Gasteiger partial charge in [-0.3, -0.25) is 4.79 Å². The van der Waals surface area contributed by atoms with Gasteiger partial charge in [-0.25, -0.2) is 0 Å². The number of nitrogens with two attached hydrogens (primary N) is 1. The molecule has 1 heterocycles. The normalized spacial score (nSPS) is 25.7. The van der Waals surface area contributed by atoms with E-state index in [2.05, 4.69) is 5.32 Å². The Morgan fingerprint density at radius 1 is 1.67 bits per heavy atom. The zero-order chi connectivity index (χ0) is 11.3. The van der Waals surface area contributed by atoms with Gasteiger partial charge < -0.3 is 20.9 Å². The summed E-state index contributed by atoms with van der Waals surface area (Å²) in [5.74, 6) is -0.120. The molecule has 1 saturated heterocycles. The van der Waals surface area contributed by atoms with Crippen LogP contribution >= 0.6 is 0 Å². The predicted octanol–water partition coefficient (Wildman–Crippen LogP) is -0.620. The van der Waals surface area contributed by atoms with Crippen molar-refractivity contribution in [2.75, 3.05) is 13.2 Å². The Morgan fingerprint density at radius 3 is 2.93 bits per heavy atom. The van der Waals surface area contributed by atoms with Gasteiger partial charge in [-0.2, -0.15) is 0 Å². The molecule has 5 heteroatoms. The highest BCUT2D eigenvalue weighted by molar-refractivity contribution is 5.80. The number of aliphatic hydroxyl groups is 1. The summed E-state index contributed by atoms with van der Waals surface area (Å²) in [6, 6.07) is -0.419. The highest BCUT2D eigenvalue weighted by Gasteiger charge is 2.22. The lowest BCUT2D eigenvalue weighted by atomic mass is 10.1. The van der Waals surface area contributed by atoms with Gasteiger partial charge in [-0.1, -0.05) is 0 Å². The average Bonchev–Trinajstić information content (AvgIpc) is 2.26. The number of ether oxygens (including phenoxy) is 1. The van der Waals surface area contributed by atoms with Crippen molar-refractivity contribution >= 4 is 5.91 Å². The Kier molecular flexibility index (Phi) is 5.01. The first-order chi connectivity index (χ1) is 7.11. The Labute approximate surface area is 90.0 Å². The topological polar surface area (TPSA) is 84.6 Å². The van der Waals surface area contributed by atoms with Crippen molar-refractivity contribution in [2.45, 2.75) is 44.4 Å². The predicted molar refractivity (Wildman–Crippen MR) is 56.3 cm³/mol. The third-order valence-electron chi connectivity index (χ3n) is 2.60. The number of carbonyl (C=O) groups is 1. The quantitative estimate of drug-likeness (QED) is 0.584. The number of amides is 1. The minimum Gasteiger partial charge on any atom is -0.392 e. The number of hydrogen-bond donors (Lipinski definition) is 3. The molecule has 0 aliphatic carbocycles. The number of carbonyl (C=O) groups excluding carboxylic acids is 1. The van der Waals surface area contributed by atoms with E-state index in [-0.39, 0.29) is 18.6 Å². The van der Waals surface area contributed by atoms with Gasteiger partial charge in [-0.05, 0) is 26.2 Å². The van der Waals surface area contributed by atoms with E-state index in [0.717, 1.165) is 19.3 Å². The molecular formula is C10H20N2O3. The molecule has 1 aliphatic heterocycles. The van der Waals surface area contributed by atoms with Crippen LogP contribution < -0.4 is 11.1 Å². The molecule has 5 nitrogen and oxygen atoms in total. The molecule has 0 saturated carbocycles. The molecule has 3 atom stereocenters. The van der Waals surface area contributed by atoms with Gasteiger partial charge in [0, 0.05) is 19.2 Å². The molecule has 0 spiro atoms. The summed E-state index contributed by atoms with van der Waals surface area (Å²) in [4.78, 5) is 11.6. The molecule has 0 bridgehead atoms. The summed E-state index contributed by atoms with van der Waals surface area (Å²) >= 11 is 0. The molecule has 1 amide bonds. The smallest absolute Gasteiger partial charge is 0.249 e. The lowest BCUT2D eigenvalue weighted by Crippen LogP contribution is -2.47. The maximum absolute atomic E-state index is 11.6. The van der Waals surface area contributed by atoms with E-state index >= 15 is 0 Å². The van der Waals surface area contributed by atoms with Crippen LogP contribution in [0.15, 0.2) is 0 Å². The van der Waals surface area contributed by atoms with E-state index < -0.39 is 12.1 Å². The maximum Gasteiger partial charge on any atom is 0.249 e. The van der Waals surface area contributed by atoms with Crippen molar-refractivity contribution in [3.63, 3.8) is 0 Å². The molecule has 1 aliphatic rings. The Bertz CT molecular complexity index is 203. The lowest BCUT2D eigenvalue weighted by Gasteiger charge is -2.23. The Balaban J connectivity index is 2.22. The summed E-state index contributed by atoms with van der Waals surface area (Å²) in [6.45, 7) is 2.55. The third-order valence-corrected chi connectivity index (χ3v) is 2.60. The van der Waals surface area contributed by atoms with Gasteiger partial charge in [0.25, 0.3) is 0 Å². The lowest BCUT2D eigenvalue weighted by molar-refractivity contribution is -0.135. The number of aliphatic hydroxyl groups excluding tert-OH is 1. The first-order valence-electron chi connectivity index (χ1n) is 5.44. The van der Waals surface area contributed by atoms with Crippen molar-refractivity contribution in [2.24, 2.45) is 5.73 Å². The summed E-state index contributed by atoms with van der Waals surface area (Å²) in [5, 5.41) is 11.8. The molecule has 1 fully saturated rings. The van der Waals surface area contributed by atoms with Crippen LogP contribution in [0.4, 0.5) is 0 Å². The summed E-state index contributed by atoms with van der Waals surface area (Å²) in [7, 11) is 0. The number of hydrogen-bond acceptors (Lipinski definition) is 4. The van der Waals surface area contributed by atoms with E-state index in [4.69, 9.17) is 15.6 Å². The highest BCUT2D eigenvalue weighted by Crippen LogP contribution is 2.12. The van der Waals surface area contributed by atoms with E-state index in [9.17, 15) is 4.79 Å². The van der Waals surface area contributed by atoms with Crippen LogP contribution in [-0.4, -0.2) is 42.4 Å². The van der Waals surface area contributed by atoms with Crippen LogP contribution in [-0.2, 0) is 9.53 Å². The molecule has 88 valence electrons. The summed E-state index contributed by atoms with van der Waals surface area (Å²) in [6.07, 6.45) is 1.88. The number of rotatable bonds is 4. The van der Waals surface area contributed by atoms with E-state index in [1.807, 2.05) is 0 Å². The molecule has 4 N–H and O–H groups in total. The SMILES string of the molecule is CC(O)C(N)CNC(=O)C1CCCCO1. The first kappa shape index (κ1) is 12.4. The third kappa shape index (κ3) is 4.15. The standard InChI is InChI=1S/C10H20N2O3/c1-7(13)8(11)6-12-10(14)9-4-2-3-5-15-9/h7-9,13H,2-6,11H2,1H3,(H,12,14). The van der Waals surface area contributed by atoms with Crippen LogP contribution in [0.2, 0.25) is 0 Å². The van der Waals surface area contributed by atoms with Gasteiger partial charge in [-0.15, -0.1) is 0 Å². The summed E-state index contributed by atoms with van der Waals surface area (Å²) in [5.41, 5.74) is 5.59. The van der Waals surface area contributed by atoms with Gasteiger partial charge in [0.1, 0.15) is 6.10 Å². The first-order valence-corrected chi connectivity index (χ1v) is 5.44. The summed E-state index contributed by atoms with van der Waals surface area (Å²) < 4.78 is 5.32. The number of nitrogens with one attached hydrogen (secondary N) is 1. The molecule has 0 radical (unpaired) electrons. The van der Waals surface area contributed by atoms with Crippen molar-refractivity contribution in [1.82, 2.24) is 5.32 Å². The second kappa shape index (κ2) is 6.05. The molecule has 15 heavy (non-hydrogen) atoms. The fourth-order valence-corrected chi connectivity index (χ4v) is 1.45. The second-order valence-electron chi connectivity index (χ2n) is 4.00. The van der Waals surface area contributed by atoms with E-state index in [1.54, 1.807) is 6.92 Å². The second-order valence-corrected chi connectivity index (χ2v) is 4.00. The van der Waals surface area contributed by atoms with Crippen LogP contribution in [0.5, 0.6) is 0 Å². The maximum atomic E-state index is 11.6. The monoisotopic (exact) mass is 216 g/mol. The Hall–Kier alpha value is -0.650. The molecular weight excluding hydrogens is 196 g/mol. The zero-order valence-electron chi connectivity index (χ0n) is 9.11. The van der Waals surface area contributed by atoms with Crippen molar-refractivity contribution < 1.29 is 14.6 Å². The minimum atomic E-state index is -0.613. The van der Waals surface area contributed by atoms with E-state index in [0.29, 0.717) is 6.61 Å². The van der Waals surface area contributed by atoms with E-state index in [1.165, 1.54) is 0 Å². The molecule has 0 aromatic rings. The highest BCUT2D eigenvalue weighted by atomic mass is 16.5. The van der Waals surface area contributed by atoms with Crippen molar-refractivity contribution in [3.8, 4) is 0 Å². The van der Waals surface area contributed by atoms with Gasteiger partial charge in [0.05, 0.1) is 6.10 Å². The Morgan fingerprint density at radius 2 is 2.40 bits per heavy atom. The van der Waals surface area contributed by atoms with Crippen molar-refractivity contribution in [1.29, 1.82) is 0 Å². The zero-order valence-corrected chi connectivity index (χ0v) is 9.11. The van der Waals surface area contributed by atoms with Gasteiger partial charge in [0.2, 0.25) is 5.91 Å². The fraction of sp³-hybridized carbons (Fsp3) is 0.900. The fourth-order valence-electron chi connectivity index (χ4n) is 1.45. The van der Waals surface area contributed by atoms with Crippen LogP contribution in [0, 0.1) is 0 Å². The van der Waals surface area contributed by atoms with Crippen LogP contribution in [0.25, 0.3) is 0 Å². The minimum absolute atomic E-state index is 0.120. The molecule has 0 aromatic carbocycles. The van der Waals surface area contributed by atoms with Crippen LogP contribution in [0.1, 0.15) is 26.2 Å². The molecule has 1 rings (SSSR count). The van der Waals surface area contributed by atoms with Crippen molar-refractivity contribution in [3.05, 3.63) is 0 Å². The molecule has 3 unspecified atom stereocenters. The largest absolute Gasteiger partial charge is 0.392 e. The van der Waals surface area contributed by atoms with Gasteiger partial charge in [0.15, 0.2) is 0 Å². The molecule has 0 aromatic heterocycles. The van der Waals surface area contributed by atoms with Crippen LogP contribution in [0.3, 0.4) is 0 Å².